The quantitative estimate of drug-likeness (QED) is 0.502. The Hall–Kier alpha value is -2.80. The van der Waals surface area contributed by atoms with Crippen LogP contribution in [0, 0.1) is 0 Å². The van der Waals surface area contributed by atoms with Gasteiger partial charge in [0.1, 0.15) is 0 Å². The van der Waals surface area contributed by atoms with E-state index in [1.54, 1.807) is 24.3 Å². The van der Waals surface area contributed by atoms with Crippen LogP contribution < -0.4 is 16.4 Å². The number of carbonyl (C=O) groups excluding carboxylic acids is 3. The van der Waals surface area contributed by atoms with Crippen molar-refractivity contribution < 1.29 is 14.4 Å². The summed E-state index contributed by atoms with van der Waals surface area (Å²) in [5.41, 5.74) is 6.77. The first kappa shape index (κ1) is 22.5. The van der Waals surface area contributed by atoms with Crippen LogP contribution in [-0.4, -0.2) is 23.0 Å². The standard InChI is InChI=1S/C22H27N3O3S/c1-3-5-13-20(26)24-15-9-8-10-16(14-15)29-19(4-2)22(28)25-18-12-7-6-11-17(18)21(23)27/h6-12,14,19H,3-5,13H2,1-2H3,(H2,23,27)(H,24,26)(H,25,28). The summed E-state index contributed by atoms with van der Waals surface area (Å²) >= 11 is 1.41. The number of nitrogens with one attached hydrogen (secondary N) is 2. The van der Waals surface area contributed by atoms with E-state index in [1.165, 1.54) is 11.8 Å². The van der Waals surface area contributed by atoms with E-state index in [4.69, 9.17) is 5.73 Å². The zero-order valence-electron chi connectivity index (χ0n) is 16.7. The van der Waals surface area contributed by atoms with Gasteiger partial charge in [0.05, 0.1) is 16.5 Å². The Morgan fingerprint density at radius 1 is 1.03 bits per heavy atom. The highest BCUT2D eigenvalue weighted by Gasteiger charge is 2.20. The second kappa shape index (κ2) is 11.3. The van der Waals surface area contributed by atoms with Gasteiger partial charge in [0.2, 0.25) is 11.8 Å². The molecule has 2 aromatic rings. The number of primary amides is 1. The summed E-state index contributed by atoms with van der Waals surface area (Å²) < 4.78 is 0. The zero-order valence-corrected chi connectivity index (χ0v) is 17.6. The molecule has 0 aliphatic heterocycles. The molecule has 0 spiro atoms. The normalized spacial score (nSPS) is 11.5. The first-order valence-corrected chi connectivity index (χ1v) is 10.6. The summed E-state index contributed by atoms with van der Waals surface area (Å²) in [5, 5.41) is 5.34. The van der Waals surface area contributed by atoms with Gasteiger partial charge in [-0.2, -0.15) is 0 Å². The first-order valence-electron chi connectivity index (χ1n) is 9.70. The lowest BCUT2D eigenvalue weighted by Crippen LogP contribution is -2.26. The van der Waals surface area contributed by atoms with Gasteiger partial charge >= 0.3 is 0 Å². The van der Waals surface area contributed by atoms with E-state index in [1.807, 2.05) is 38.1 Å². The first-order chi connectivity index (χ1) is 13.9. The van der Waals surface area contributed by atoms with E-state index in [0.29, 0.717) is 24.2 Å². The van der Waals surface area contributed by atoms with Gasteiger partial charge in [-0.3, -0.25) is 14.4 Å². The number of benzene rings is 2. The number of amides is 3. The molecule has 0 aliphatic carbocycles. The fourth-order valence-corrected chi connectivity index (χ4v) is 3.73. The molecular weight excluding hydrogens is 386 g/mol. The zero-order chi connectivity index (χ0) is 21.2. The monoisotopic (exact) mass is 413 g/mol. The Bertz CT molecular complexity index is 870. The smallest absolute Gasteiger partial charge is 0.250 e. The largest absolute Gasteiger partial charge is 0.366 e. The third-order valence-electron chi connectivity index (χ3n) is 4.27. The predicted molar refractivity (Wildman–Crippen MR) is 118 cm³/mol. The molecular formula is C22H27N3O3S. The van der Waals surface area contributed by atoms with Crippen LogP contribution in [0.5, 0.6) is 0 Å². The van der Waals surface area contributed by atoms with Crippen molar-refractivity contribution in [2.45, 2.75) is 49.7 Å². The Balaban J connectivity index is 2.06. The van der Waals surface area contributed by atoms with Crippen molar-refractivity contribution in [3.05, 3.63) is 54.1 Å². The molecule has 0 aliphatic rings. The lowest BCUT2D eigenvalue weighted by molar-refractivity contribution is -0.116. The molecule has 0 fully saturated rings. The Labute approximate surface area is 175 Å². The maximum Gasteiger partial charge on any atom is 0.250 e. The third kappa shape index (κ3) is 6.94. The van der Waals surface area contributed by atoms with Gasteiger partial charge in [-0.25, -0.2) is 0 Å². The van der Waals surface area contributed by atoms with Crippen molar-refractivity contribution in [2.75, 3.05) is 10.6 Å². The molecule has 154 valence electrons. The van der Waals surface area contributed by atoms with E-state index in [9.17, 15) is 14.4 Å². The number of unbranched alkanes of at least 4 members (excludes halogenated alkanes) is 1. The molecule has 7 heteroatoms. The van der Waals surface area contributed by atoms with Crippen LogP contribution in [0.15, 0.2) is 53.4 Å². The number of hydrogen-bond donors (Lipinski definition) is 3. The van der Waals surface area contributed by atoms with Crippen LogP contribution in [-0.2, 0) is 9.59 Å². The Morgan fingerprint density at radius 3 is 2.48 bits per heavy atom. The molecule has 6 nitrogen and oxygen atoms in total. The third-order valence-corrected chi connectivity index (χ3v) is 5.63. The van der Waals surface area contributed by atoms with E-state index in [2.05, 4.69) is 10.6 Å². The van der Waals surface area contributed by atoms with Gasteiger partial charge in [0.25, 0.3) is 5.91 Å². The fraction of sp³-hybridized carbons (Fsp3) is 0.318. The molecule has 1 atom stereocenters. The molecule has 0 radical (unpaired) electrons. The summed E-state index contributed by atoms with van der Waals surface area (Å²) in [7, 11) is 0. The molecule has 4 N–H and O–H groups in total. The molecule has 2 aromatic carbocycles. The summed E-state index contributed by atoms with van der Waals surface area (Å²) in [4.78, 5) is 37.1. The number of para-hydroxylation sites is 1. The number of rotatable bonds is 10. The minimum Gasteiger partial charge on any atom is -0.366 e. The van der Waals surface area contributed by atoms with Gasteiger partial charge in [-0.05, 0) is 43.2 Å². The number of carbonyl (C=O) groups is 3. The number of hydrogen-bond acceptors (Lipinski definition) is 4. The van der Waals surface area contributed by atoms with E-state index in [-0.39, 0.29) is 22.6 Å². The van der Waals surface area contributed by atoms with Crippen LogP contribution >= 0.6 is 11.8 Å². The lowest BCUT2D eigenvalue weighted by atomic mass is 10.1. The van der Waals surface area contributed by atoms with Crippen LogP contribution in [0.1, 0.15) is 49.9 Å². The summed E-state index contributed by atoms with van der Waals surface area (Å²) in [6.07, 6.45) is 2.91. The number of anilines is 2. The highest BCUT2D eigenvalue weighted by Crippen LogP contribution is 2.29. The van der Waals surface area contributed by atoms with Gasteiger partial charge in [0, 0.05) is 17.0 Å². The average molecular weight is 414 g/mol. The van der Waals surface area contributed by atoms with Crippen molar-refractivity contribution in [1.82, 2.24) is 0 Å². The summed E-state index contributed by atoms with van der Waals surface area (Å²) in [6.45, 7) is 3.97. The van der Waals surface area contributed by atoms with Gasteiger partial charge in [-0.15, -0.1) is 11.8 Å². The number of nitrogens with two attached hydrogens (primary N) is 1. The van der Waals surface area contributed by atoms with Gasteiger partial charge in [-0.1, -0.05) is 38.5 Å². The van der Waals surface area contributed by atoms with Crippen LogP contribution in [0.3, 0.4) is 0 Å². The van der Waals surface area contributed by atoms with Crippen molar-refractivity contribution in [1.29, 1.82) is 0 Å². The molecule has 0 saturated heterocycles. The van der Waals surface area contributed by atoms with Crippen LogP contribution in [0.2, 0.25) is 0 Å². The van der Waals surface area contributed by atoms with Crippen LogP contribution in [0.4, 0.5) is 11.4 Å². The van der Waals surface area contributed by atoms with Crippen molar-refractivity contribution in [3.63, 3.8) is 0 Å². The van der Waals surface area contributed by atoms with Crippen molar-refractivity contribution in [2.24, 2.45) is 5.73 Å². The molecule has 0 heterocycles. The average Bonchev–Trinajstić information content (AvgIpc) is 2.71. The van der Waals surface area contributed by atoms with Gasteiger partial charge < -0.3 is 16.4 Å². The summed E-state index contributed by atoms with van der Waals surface area (Å²) in [6, 6.07) is 14.1. The van der Waals surface area contributed by atoms with E-state index >= 15 is 0 Å². The van der Waals surface area contributed by atoms with E-state index in [0.717, 1.165) is 17.7 Å². The molecule has 0 saturated carbocycles. The molecule has 1 unspecified atom stereocenters. The summed E-state index contributed by atoms with van der Waals surface area (Å²) in [5.74, 6) is -0.807. The minimum atomic E-state index is -0.590. The van der Waals surface area contributed by atoms with Gasteiger partial charge in [0.15, 0.2) is 0 Å². The van der Waals surface area contributed by atoms with Crippen molar-refractivity contribution in [3.8, 4) is 0 Å². The maximum absolute atomic E-state index is 12.7. The molecule has 29 heavy (non-hydrogen) atoms. The fourth-order valence-electron chi connectivity index (χ4n) is 2.71. The maximum atomic E-state index is 12.7. The van der Waals surface area contributed by atoms with Crippen molar-refractivity contribution >= 4 is 40.9 Å². The molecule has 2 rings (SSSR count). The molecule has 0 bridgehead atoms. The van der Waals surface area contributed by atoms with Crippen LogP contribution in [0.25, 0.3) is 0 Å². The Kier molecular flexibility index (Phi) is 8.73. The molecule has 0 aromatic heterocycles. The highest BCUT2D eigenvalue weighted by molar-refractivity contribution is 8.00. The Morgan fingerprint density at radius 2 is 1.79 bits per heavy atom. The highest BCUT2D eigenvalue weighted by atomic mass is 32.2. The minimum absolute atomic E-state index is 0.0122. The lowest BCUT2D eigenvalue weighted by Gasteiger charge is -2.16. The second-order valence-electron chi connectivity index (χ2n) is 6.59. The number of thioether (sulfide) groups is 1. The van der Waals surface area contributed by atoms with E-state index < -0.39 is 5.91 Å². The topological polar surface area (TPSA) is 101 Å². The second-order valence-corrected chi connectivity index (χ2v) is 7.87. The predicted octanol–water partition coefficient (Wildman–Crippen LogP) is 4.42. The SMILES string of the molecule is CCCCC(=O)Nc1cccc(SC(CC)C(=O)Nc2ccccc2C(N)=O)c1. The molecule has 3 amide bonds.